The van der Waals surface area contributed by atoms with Gasteiger partial charge in [0.1, 0.15) is 18.1 Å². The zero-order chi connectivity index (χ0) is 33.9. The van der Waals surface area contributed by atoms with E-state index >= 15 is 0 Å². The van der Waals surface area contributed by atoms with Gasteiger partial charge in [0.15, 0.2) is 4.80 Å². The SMILES string of the molecule is COc1cccc([C@H]2C(C(=O)Nc3ccccc3)=C(C)N=c3s/c(=C\c4cc(I)cc(I)c4OCc4ccc([N+](=O)[O-])cc4)c(=O)n32)c1. The number of allylic oxidation sites excluding steroid dienone is 1. The summed E-state index contributed by atoms with van der Waals surface area (Å²) in [4.78, 5) is 44.0. The van der Waals surface area contributed by atoms with Crippen molar-refractivity contribution >= 4 is 79.9 Å². The monoisotopic (exact) mass is 884 g/mol. The molecule has 0 bridgehead atoms. The first-order valence-electron chi connectivity index (χ1n) is 14.5. The van der Waals surface area contributed by atoms with Crippen LogP contribution in [0.2, 0.25) is 0 Å². The van der Waals surface area contributed by atoms with E-state index in [9.17, 15) is 19.7 Å². The van der Waals surface area contributed by atoms with Crippen LogP contribution in [0.3, 0.4) is 0 Å². The molecule has 0 aliphatic carbocycles. The van der Waals surface area contributed by atoms with Crippen LogP contribution in [0, 0.1) is 17.3 Å². The van der Waals surface area contributed by atoms with E-state index in [0.29, 0.717) is 48.9 Å². The highest BCUT2D eigenvalue weighted by molar-refractivity contribution is 14.1. The molecule has 6 rings (SSSR count). The number of benzene rings is 4. The Morgan fingerprint density at radius 3 is 2.52 bits per heavy atom. The molecule has 0 saturated carbocycles. The molecule has 0 fully saturated rings. The number of thiazole rings is 1. The molecular formula is C35H26I2N4O6S. The van der Waals surface area contributed by atoms with Crippen molar-refractivity contribution in [2.45, 2.75) is 19.6 Å². The highest BCUT2D eigenvalue weighted by atomic mass is 127. The summed E-state index contributed by atoms with van der Waals surface area (Å²) in [5.41, 5.74) is 3.32. The predicted molar refractivity (Wildman–Crippen MR) is 201 cm³/mol. The third-order valence-electron chi connectivity index (χ3n) is 7.56. The number of nitro benzene ring substituents is 1. The molecule has 0 saturated heterocycles. The van der Waals surface area contributed by atoms with E-state index in [0.717, 1.165) is 12.7 Å². The van der Waals surface area contributed by atoms with Gasteiger partial charge in [0, 0.05) is 27.0 Å². The number of amides is 1. The van der Waals surface area contributed by atoms with Crippen LogP contribution < -0.4 is 29.7 Å². The Balaban J connectivity index is 1.44. The molecule has 1 aliphatic heterocycles. The Labute approximate surface area is 305 Å². The van der Waals surface area contributed by atoms with Crippen LogP contribution >= 0.6 is 56.5 Å². The van der Waals surface area contributed by atoms with Crippen LogP contribution in [0.1, 0.15) is 29.7 Å². The maximum Gasteiger partial charge on any atom is 0.271 e. The summed E-state index contributed by atoms with van der Waals surface area (Å²) in [5.74, 6) is 0.803. The molecule has 48 heavy (non-hydrogen) atoms. The molecule has 1 N–H and O–H groups in total. The molecule has 1 aromatic heterocycles. The topological polar surface area (TPSA) is 125 Å². The average molecular weight is 884 g/mol. The molecule has 1 aliphatic rings. The molecule has 1 amide bonds. The lowest BCUT2D eigenvalue weighted by Crippen LogP contribution is -2.40. The Morgan fingerprint density at radius 1 is 1.06 bits per heavy atom. The molecule has 0 unspecified atom stereocenters. The highest BCUT2D eigenvalue weighted by Gasteiger charge is 2.33. The van der Waals surface area contributed by atoms with Gasteiger partial charge >= 0.3 is 0 Å². The molecule has 0 radical (unpaired) electrons. The van der Waals surface area contributed by atoms with Gasteiger partial charge in [-0.3, -0.25) is 24.3 Å². The summed E-state index contributed by atoms with van der Waals surface area (Å²) in [6, 6.07) is 25.8. The lowest BCUT2D eigenvalue weighted by atomic mass is 9.95. The third-order valence-corrected chi connectivity index (χ3v) is 9.97. The Bertz CT molecular complexity index is 2270. The van der Waals surface area contributed by atoms with Crippen molar-refractivity contribution in [1.29, 1.82) is 0 Å². The van der Waals surface area contributed by atoms with Gasteiger partial charge in [-0.05, 0) is 118 Å². The third kappa shape index (κ3) is 7.07. The molecule has 10 nitrogen and oxygen atoms in total. The number of ether oxygens (including phenoxy) is 2. The molecular weight excluding hydrogens is 858 g/mol. The number of carbonyl (C=O) groups is 1. The van der Waals surface area contributed by atoms with E-state index in [1.165, 1.54) is 23.5 Å². The lowest BCUT2D eigenvalue weighted by Gasteiger charge is -2.25. The first-order valence-corrected chi connectivity index (χ1v) is 17.5. The number of aromatic nitrogens is 1. The lowest BCUT2D eigenvalue weighted by molar-refractivity contribution is -0.384. The minimum absolute atomic E-state index is 0.00171. The number of halogens is 2. The van der Waals surface area contributed by atoms with E-state index < -0.39 is 11.0 Å². The van der Waals surface area contributed by atoms with E-state index in [1.807, 2.05) is 54.6 Å². The molecule has 13 heteroatoms. The van der Waals surface area contributed by atoms with Gasteiger partial charge in [-0.1, -0.05) is 41.7 Å². The maximum absolute atomic E-state index is 14.3. The second-order valence-electron chi connectivity index (χ2n) is 10.7. The fourth-order valence-corrected chi connectivity index (χ4v) is 8.39. The first kappa shape index (κ1) is 33.5. The van der Waals surface area contributed by atoms with Crippen LogP contribution in [0.15, 0.2) is 112 Å². The number of hydrogen-bond acceptors (Lipinski definition) is 8. The van der Waals surface area contributed by atoms with Crippen LogP contribution in [0.5, 0.6) is 11.5 Å². The van der Waals surface area contributed by atoms with Gasteiger partial charge in [-0.25, -0.2) is 4.99 Å². The highest BCUT2D eigenvalue weighted by Crippen LogP contribution is 2.33. The molecule has 0 spiro atoms. The van der Waals surface area contributed by atoms with E-state index in [4.69, 9.17) is 14.5 Å². The van der Waals surface area contributed by atoms with Crippen molar-refractivity contribution in [2.24, 2.45) is 4.99 Å². The molecule has 1 atom stereocenters. The van der Waals surface area contributed by atoms with Crippen molar-refractivity contribution in [1.82, 2.24) is 4.57 Å². The molecule has 5 aromatic rings. The standard InChI is InChI=1S/C35H26I2N4O6S/c1-20-30(33(42)39-25-8-4-3-5-9-25)31(22-7-6-10-27(16-22)46-2)40-34(43)29(48-35(40)38-20)17-23-15-24(36)18-28(37)32(23)47-19-21-11-13-26(14-12-21)41(44)45/h3-18,31H,19H2,1-2H3,(H,39,42)/b29-17-/t31-/m0/s1. The average Bonchev–Trinajstić information content (AvgIpc) is 3.37. The zero-order valence-electron chi connectivity index (χ0n) is 25.5. The number of nitro groups is 1. The van der Waals surface area contributed by atoms with Crippen molar-refractivity contribution in [2.75, 3.05) is 12.4 Å². The smallest absolute Gasteiger partial charge is 0.271 e. The van der Waals surface area contributed by atoms with E-state index in [-0.39, 0.29) is 23.8 Å². The minimum atomic E-state index is -0.767. The quantitative estimate of drug-likeness (QED) is 0.101. The number of hydrogen-bond donors (Lipinski definition) is 1. The van der Waals surface area contributed by atoms with Gasteiger partial charge < -0.3 is 14.8 Å². The number of nitrogens with zero attached hydrogens (tertiary/aromatic N) is 3. The van der Waals surface area contributed by atoms with Gasteiger partial charge in [-0.15, -0.1) is 0 Å². The minimum Gasteiger partial charge on any atom is -0.497 e. The summed E-state index contributed by atoms with van der Waals surface area (Å²) in [7, 11) is 1.57. The van der Waals surface area contributed by atoms with Crippen molar-refractivity contribution in [3.63, 3.8) is 0 Å². The Hall–Kier alpha value is -4.35. The van der Waals surface area contributed by atoms with E-state index in [2.05, 4.69) is 50.5 Å². The van der Waals surface area contributed by atoms with Gasteiger partial charge in [0.2, 0.25) is 0 Å². The van der Waals surface area contributed by atoms with Gasteiger partial charge in [0.05, 0.1) is 37.4 Å². The maximum atomic E-state index is 14.3. The summed E-state index contributed by atoms with van der Waals surface area (Å²) in [6.45, 7) is 1.95. The normalized spacial score (nSPS) is 14.2. The van der Waals surface area contributed by atoms with Crippen molar-refractivity contribution in [3.8, 4) is 11.5 Å². The number of methoxy groups -OCH3 is 1. The van der Waals surface area contributed by atoms with Crippen LogP contribution in [0.25, 0.3) is 6.08 Å². The van der Waals surface area contributed by atoms with Crippen LogP contribution in [-0.2, 0) is 11.4 Å². The summed E-state index contributed by atoms with van der Waals surface area (Å²) < 4.78 is 15.5. The fourth-order valence-electron chi connectivity index (χ4n) is 5.31. The first-order chi connectivity index (χ1) is 23.1. The molecule has 242 valence electrons. The molecule has 2 heterocycles. The van der Waals surface area contributed by atoms with Crippen molar-refractivity contribution < 1.29 is 19.2 Å². The number of para-hydroxylation sites is 1. The zero-order valence-corrected chi connectivity index (χ0v) is 30.6. The number of anilines is 1. The predicted octanol–water partition coefficient (Wildman–Crippen LogP) is 6.58. The number of non-ortho nitro benzene ring substituents is 1. The van der Waals surface area contributed by atoms with Crippen LogP contribution in [-0.4, -0.2) is 22.5 Å². The number of fused-ring (bicyclic) bond motifs is 1. The second kappa shape index (κ2) is 14.4. The van der Waals surface area contributed by atoms with Gasteiger partial charge in [0.25, 0.3) is 17.2 Å². The van der Waals surface area contributed by atoms with Crippen LogP contribution in [0.4, 0.5) is 11.4 Å². The summed E-state index contributed by atoms with van der Waals surface area (Å²) >= 11 is 5.65. The fraction of sp³-hybridized carbons (Fsp3) is 0.114. The van der Waals surface area contributed by atoms with E-state index in [1.54, 1.807) is 48.9 Å². The number of rotatable bonds is 9. The Kier molecular flexibility index (Phi) is 10.1. The van der Waals surface area contributed by atoms with Crippen molar-refractivity contribution in [3.05, 3.63) is 156 Å². The Morgan fingerprint density at radius 2 is 1.81 bits per heavy atom. The summed E-state index contributed by atoms with van der Waals surface area (Å²) in [6.07, 6.45) is 1.78. The largest absolute Gasteiger partial charge is 0.497 e. The number of nitrogens with one attached hydrogen (secondary N) is 1. The van der Waals surface area contributed by atoms with Gasteiger partial charge in [-0.2, -0.15) is 0 Å². The summed E-state index contributed by atoms with van der Waals surface area (Å²) in [5, 5.41) is 14.0. The second-order valence-corrected chi connectivity index (χ2v) is 14.1. The molecule has 4 aromatic carbocycles. The number of carbonyl (C=O) groups excluding carboxylic acids is 1.